The highest BCUT2D eigenvalue weighted by Gasteiger charge is 2.12. The van der Waals surface area contributed by atoms with E-state index in [1.54, 1.807) is 36.4 Å². The van der Waals surface area contributed by atoms with Gasteiger partial charge in [-0.2, -0.15) is 4.98 Å². The molecule has 3 rings (SSSR count). The Morgan fingerprint density at radius 3 is 2.81 bits per heavy atom. The van der Waals surface area contributed by atoms with E-state index in [0.717, 1.165) is 5.56 Å². The molecule has 0 bridgehead atoms. The first-order valence-electron chi connectivity index (χ1n) is 7.77. The zero-order valence-electron chi connectivity index (χ0n) is 13.8. The van der Waals surface area contributed by atoms with E-state index in [2.05, 4.69) is 15.5 Å². The number of benzene rings is 2. The minimum atomic E-state index is -0.186. The van der Waals surface area contributed by atoms with Gasteiger partial charge >= 0.3 is 0 Å². The molecule has 1 aromatic heterocycles. The lowest BCUT2D eigenvalue weighted by Crippen LogP contribution is -2.12. The van der Waals surface area contributed by atoms with Crippen LogP contribution >= 0.6 is 23.2 Å². The molecule has 0 aliphatic heterocycles. The van der Waals surface area contributed by atoms with E-state index >= 15 is 0 Å². The largest absolute Gasteiger partial charge is 0.495 e. The maximum Gasteiger partial charge on any atom is 0.227 e. The van der Waals surface area contributed by atoms with Crippen molar-refractivity contribution in [3.8, 4) is 17.1 Å². The highest BCUT2D eigenvalue weighted by molar-refractivity contribution is 6.32. The van der Waals surface area contributed by atoms with Crippen molar-refractivity contribution in [1.29, 1.82) is 0 Å². The van der Waals surface area contributed by atoms with Gasteiger partial charge in [0.2, 0.25) is 17.6 Å². The number of carbonyl (C=O) groups excluding carboxylic acids is 1. The number of nitrogens with one attached hydrogen (secondary N) is 1. The van der Waals surface area contributed by atoms with Gasteiger partial charge in [0.25, 0.3) is 0 Å². The number of aromatic nitrogens is 2. The molecule has 0 spiro atoms. The van der Waals surface area contributed by atoms with Crippen molar-refractivity contribution in [2.45, 2.75) is 12.8 Å². The van der Waals surface area contributed by atoms with Crippen LogP contribution in [0.25, 0.3) is 11.4 Å². The Kier molecular flexibility index (Phi) is 5.75. The predicted molar refractivity (Wildman–Crippen MR) is 99.7 cm³/mol. The summed E-state index contributed by atoms with van der Waals surface area (Å²) in [4.78, 5) is 16.4. The maximum atomic E-state index is 12.1. The molecular formula is C18H15Cl2N3O3. The van der Waals surface area contributed by atoms with Crippen molar-refractivity contribution in [2.75, 3.05) is 12.4 Å². The first kappa shape index (κ1) is 18.2. The number of halogens is 2. The van der Waals surface area contributed by atoms with Crippen molar-refractivity contribution in [3.05, 3.63) is 58.4 Å². The predicted octanol–water partition coefficient (Wildman–Crippen LogP) is 4.62. The number of hydrogen-bond acceptors (Lipinski definition) is 5. The standard InChI is InChI=1S/C18H15Cl2N3O3/c1-25-15-6-5-13(10-14(15)20)21-16(24)7-8-17-22-18(23-26-17)11-3-2-4-12(19)9-11/h2-6,9-10H,7-8H2,1H3,(H,21,24). The molecule has 26 heavy (non-hydrogen) atoms. The van der Waals surface area contributed by atoms with Crippen LogP contribution in [0.1, 0.15) is 12.3 Å². The zero-order valence-corrected chi connectivity index (χ0v) is 15.3. The Morgan fingerprint density at radius 2 is 2.08 bits per heavy atom. The average Bonchev–Trinajstić information content (AvgIpc) is 3.09. The van der Waals surface area contributed by atoms with Crippen LogP contribution < -0.4 is 10.1 Å². The molecule has 8 heteroatoms. The van der Waals surface area contributed by atoms with Crippen LogP contribution in [0, 0.1) is 0 Å². The molecule has 3 aromatic rings. The molecule has 0 aliphatic rings. The van der Waals surface area contributed by atoms with Crippen LogP contribution in [0.5, 0.6) is 5.75 Å². The molecule has 0 atom stereocenters. The number of nitrogens with zero attached hydrogens (tertiary/aromatic N) is 2. The molecule has 1 N–H and O–H groups in total. The molecule has 1 heterocycles. The molecule has 0 aliphatic carbocycles. The van der Waals surface area contributed by atoms with Crippen LogP contribution in [-0.2, 0) is 11.2 Å². The molecule has 0 unspecified atom stereocenters. The number of ether oxygens (including phenoxy) is 1. The average molecular weight is 392 g/mol. The van der Waals surface area contributed by atoms with Gasteiger partial charge in [-0.3, -0.25) is 4.79 Å². The Balaban J connectivity index is 1.57. The number of hydrogen-bond donors (Lipinski definition) is 1. The lowest BCUT2D eigenvalue weighted by atomic mass is 10.2. The normalized spacial score (nSPS) is 10.6. The molecule has 0 radical (unpaired) electrons. The number of methoxy groups -OCH3 is 1. The van der Waals surface area contributed by atoms with E-state index in [9.17, 15) is 4.79 Å². The second-order valence-corrected chi connectivity index (χ2v) is 6.26. The van der Waals surface area contributed by atoms with Gasteiger partial charge < -0.3 is 14.6 Å². The van der Waals surface area contributed by atoms with Crippen LogP contribution in [0.3, 0.4) is 0 Å². The van der Waals surface area contributed by atoms with E-state index in [1.807, 2.05) is 6.07 Å². The van der Waals surface area contributed by atoms with E-state index in [1.165, 1.54) is 7.11 Å². The monoisotopic (exact) mass is 391 g/mol. The lowest BCUT2D eigenvalue weighted by Gasteiger charge is -2.07. The molecule has 134 valence electrons. The topological polar surface area (TPSA) is 77.2 Å². The molecule has 0 fully saturated rings. The van der Waals surface area contributed by atoms with Crippen molar-refractivity contribution in [3.63, 3.8) is 0 Å². The molecule has 0 saturated carbocycles. The molecule has 1 amide bonds. The molecule has 6 nitrogen and oxygen atoms in total. The molecule has 0 saturated heterocycles. The van der Waals surface area contributed by atoms with Crippen molar-refractivity contribution in [2.24, 2.45) is 0 Å². The fourth-order valence-electron chi connectivity index (χ4n) is 2.29. The summed E-state index contributed by atoms with van der Waals surface area (Å²) >= 11 is 12.0. The first-order valence-corrected chi connectivity index (χ1v) is 8.52. The van der Waals surface area contributed by atoms with Crippen LogP contribution in [-0.4, -0.2) is 23.2 Å². The fraction of sp³-hybridized carbons (Fsp3) is 0.167. The number of anilines is 1. The Labute approximate surface area is 160 Å². The van der Waals surface area contributed by atoms with Gasteiger partial charge in [-0.05, 0) is 30.3 Å². The summed E-state index contributed by atoms with van der Waals surface area (Å²) in [5, 5.41) is 7.69. The summed E-state index contributed by atoms with van der Waals surface area (Å²) in [5.74, 6) is 1.17. The lowest BCUT2D eigenvalue weighted by molar-refractivity contribution is -0.116. The van der Waals surface area contributed by atoms with Gasteiger partial charge in [0.15, 0.2) is 0 Å². The van der Waals surface area contributed by atoms with E-state index in [-0.39, 0.29) is 12.3 Å². The SMILES string of the molecule is COc1ccc(NC(=O)CCc2nc(-c3cccc(Cl)c3)no2)cc1Cl. The molecular weight excluding hydrogens is 377 g/mol. The maximum absolute atomic E-state index is 12.1. The number of aryl methyl sites for hydroxylation is 1. The minimum Gasteiger partial charge on any atom is -0.495 e. The summed E-state index contributed by atoms with van der Waals surface area (Å²) in [6.07, 6.45) is 0.518. The summed E-state index contributed by atoms with van der Waals surface area (Å²) in [6, 6.07) is 12.2. The van der Waals surface area contributed by atoms with Crippen LogP contribution in [0.4, 0.5) is 5.69 Å². The third-order valence-electron chi connectivity index (χ3n) is 3.55. The Hall–Kier alpha value is -2.57. The van der Waals surface area contributed by atoms with Crippen LogP contribution in [0.2, 0.25) is 10.0 Å². The van der Waals surface area contributed by atoms with Crippen molar-refractivity contribution >= 4 is 34.8 Å². The van der Waals surface area contributed by atoms with Gasteiger partial charge in [-0.25, -0.2) is 0 Å². The quantitative estimate of drug-likeness (QED) is 0.662. The van der Waals surface area contributed by atoms with Crippen molar-refractivity contribution in [1.82, 2.24) is 10.1 Å². The third-order valence-corrected chi connectivity index (χ3v) is 4.08. The van der Waals surface area contributed by atoms with Crippen LogP contribution in [0.15, 0.2) is 47.0 Å². The fourth-order valence-corrected chi connectivity index (χ4v) is 2.74. The highest BCUT2D eigenvalue weighted by atomic mass is 35.5. The van der Waals surface area contributed by atoms with Gasteiger partial charge in [-0.1, -0.05) is 40.5 Å². The van der Waals surface area contributed by atoms with Gasteiger partial charge in [0.1, 0.15) is 5.75 Å². The number of amides is 1. The van der Waals surface area contributed by atoms with E-state index < -0.39 is 0 Å². The number of rotatable bonds is 6. The van der Waals surface area contributed by atoms with Gasteiger partial charge in [-0.15, -0.1) is 0 Å². The van der Waals surface area contributed by atoms with Gasteiger partial charge in [0.05, 0.1) is 12.1 Å². The minimum absolute atomic E-state index is 0.186. The second kappa shape index (κ2) is 8.21. The van der Waals surface area contributed by atoms with Crippen molar-refractivity contribution < 1.29 is 14.1 Å². The number of carbonyl (C=O) groups is 1. The Bertz CT molecular complexity index is 928. The van der Waals surface area contributed by atoms with E-state index in [0.29, 0.717) is 39.6 Å². The summed E-state index contributed by atoms with van der Waals surface area (Å²) < 4.78 is 10.3. The zero-order chi connectivity index (χ0) is 18.5. The summed E-state index contributed by atoms with van der Waals surface area (Å²) in [7, 11) is 1.53. The molecule has 2 aromatic carbocycles. The third kappa shape index (κ3) is 4.53. The summed E-state index contributed by atoms with van der Waals surface area (Å²) in [6.45, 7) is 0. The smallest absolute Gasteiger partial charge is 0.227 e. The van der Waals surface area contributed by atoms with Gasteiger partial charge in [0, 0.05) is 29.1 Å². The Morgan fingerprint density at radius 1 is 1.23 bits per heavy atom. The highest BCUT2D eigenvalue weighted by Crippen LogP contribution is 2.27. The first-order chi connectivity index (χ1) is 12.5. The second-order valence-electron chi connectivity index (χ2n) is 5.42. The van der Waals surface area contributed by atoms with E-state index in [4.69, 9.17) is 32.5 Å². The summed E-state index contributed by atoms with van der Waals surface area (Å²) in [5.41, 5.74) is 1.34.